The maximum atomic E-state index is 13.2. The number of nitrogens with one attached hydrogen (secondary N) is 2. The van der Waals surface area contributed by atoms with Crippen molar-refractivity contribution in [2.75, 3.05) is 36.5 Å². The van der Waals surface area contributed by atoms with Crippen LogP contribution in [0.1, 0.15) is 79.2 Å². The molecule has 34 heavy (non-hydrogen) atoms. The fourth-order valence-corrected chi connectivity index (χ4v) is 4.64. The molecule has 0 spiro atoms. The van der Waals surface area contributed by atoms with Gasteiger partial charge in [0.25, 0.3) is 11.8 Å². The van der Waals surface area contributed by atoms with Gasteiger partial charge in [0.15, 0.2) is 0 Å². The molecule has 2 heterocycles. The van der Waals surface area contributed by atoms with Crippen molar-refractivity contribution < 1.29 is 14.3 Å². The van der Waals surface area contributed by atoms with E-state index < -0.39 is 0 Å². The standard InChI is InChI=1S/C28H37N3O3/c1-28(2,3)21-11-9-20(10-12-21)26(32)30-22-13-14-25(31-15-5-4-6-16-31)24(18-22)27(33)29-19-23-8-7-17-34-23/h9-14,18,23H,4-8,15-17,19H2,1-3H3,(H,29,33)(H,30,32). The minimum absolute atomic E-state index is 0.0328. The van der Waals surface area contributed by atoms with Gasteiger partial charge in [-0.25, -0.2) is 0 Å². The zero-order chi connectivity index (χ0) is 24.1. The van der Waals surface area contributed by atoms with Crippen LogP contribution in [0.3, 0.4) is 0 Å². The van der Waals surface area contributed by atoms with E-state index in [1.165, 1.54) is 12.0 Å². The lowest BCUT2D eigenvalue weighted by Gasteiger charge is -2.30. The molecule has 0 saturated carbocycles. The van der Waals surface area contributed by atoms with Crippen molar-refractivity contribution >= 4 is 23.2 Å². The van der Waals surface area contributed by atoms with Crippen LogP contribution in [0.15, 0.2) is 42.5 Å². The molecule has 2 aliphatic rings. The van der Waals surface area contributed by atoms with E-state index in [4.69, 9.17) is 4.74 Å². The van der Waals surface area contributed by atoms with Gasteiger partial charge in [-0.05, 0) is 73.4 Å². The molecule has 2 fully saturated rings. The molecule has 2 aliphatic heterocycles. The second-order valence-corrected chi connectivity index (χ2v) is 10.4. The van der Waals surface area contributed by atoms with Gasteiger partial charge in [-0.3, -0.25) is 9.59 Å². The molecule has 2 aromatic rings. The third-order valence-electron chi connectivity index (χ3n) is 6.72. The molecule has 0 bridgehead atoms. The summed E-state index contributed by atoms with van der Waals surface area (Å²) in [6.45, 7) is 9.61. The largest absolute Gasteiger partial charge is 0.376 e. The number of hydrogen-bond acceptors (Lipinski definition) is 4. The van der Waals surface area contributed by atoms with Crippen LogP contribution < -0.4 is 15.5 Å². The second-order valence-electron chi connectivity index (χ2n) is 10.4. The summed E-state index contributed by atoms with van der Waals surface area (Å²) in [5, 5.41) is 6.03. The molecular formula is C28H37N3O3. The number of benzene rings is 2. The molecule has 2 N–H and O–H groups in total. The van der Waals surface area contributed by atoms with Crippen LogP contribution in [0.5, 0.6) is 0 Å². The van der Waals surface area contributed by atoms with Gasteiger partial charge >= 0.3 is 0 Å². The zero-order valence-corrected chi connectivity index (χ0v) is 20.7. The molecule has 2 amide bonds. The first-order valence-electron chi connectivity index (χ1n) is 12.5. The molecule has 2 aromatic carbocycles. The molecule has 4 rings (SSSR count). The lowest BCUT2D eigenvalue weighted by molar-refractivity contribution is 0.0858. The highest BCUT2D eigenvalue weighted by Gasteiger charge is 2.22. The zero-order valence-electron chi connectivity index (χ0n) is 20.7. The number of piperidine rings is 1. The molecular weight excluding hydrogens is 426 g/mol. The van der Waals surface area contributed by atoms with Crippen molar-refractivity contribution in [2.24, 2.45) is 0 Å². The first kappa shape index (κ1) is 24.3. The number of anilines is 2. The Bertz CT molecular complexity index is 999. The smallest absolute Gasteiger partial charge is 0.255 e. The van der Waals surface area contributed by atoms with E-state index in [1.54, 1.807) is 6.07 Å². The Morgan fingerprint density at radius 2 is 1.71 bits per heavy atom. The van der Waals surface area contributed by atoms with E-state index in [1.807, 2.05) is 36.4 Å². The fourth-order valence-electron chi connectivity index (χ4n) is 4.64. The lowest BCUT2D eigenvalue weighted by Crippen LogP contribution is -2.35. The highest BCUT2D eigenvalue weighted by molar-refractivity contribution is 6.06. The molecule has 0 aromatic heterocycles. The fraction of sp³-hybridized carbons (Fsp3) is 0.500. The van der Waals surface area contributed by atoms with E-state index in [-0.39, 0.29) is 23.3 Å². The number of carbonyl (C=O) groups excluding carboxylic acids is 2. The Balaban J connectivity index is 1.52. The Morgan fingerprint density at radius 1 is 0.971 bits per heavy atom. The molecule has 0 radical (unpaired) electrons. The quantitative estimate of drug-likeness (QED) is 0.623. The van der Waals surface area contributed by atoms with Gasteiger partial charge in [0.1, 0.15) is 0 Å². The van der Waals surface area contributed by atoms with Gasteiger partial charge < -0.3 is 20.3 Å². The van der Waals surface area contributed by atoms with Crippen molar-refractivity contribution in [1.82, 2.24) is 5.32 Å². The molecule has 6 nitrogen and oxygen atoms in total. The monoisotopic (exact) mass is 463 g/mol. The van der Waals surface area contributed by atoms with Crippen molar-refractivity contribution in [3.63, 3.8) is 0 Å². The van der Waals surface area contributed by atoms with Gasteiger partial charge in [0.2, 0.25) is 0 Å². The normalized spacial score (nSPS) is 18.6. The van der Waals surface area contributed by atoms with E-state index in [0.717, 1.165) is 51.1 Å². The summed E-state index contributed by atoms with van der Waals surface area (Å²) in [5.74, 6) is -0.307. The molecule has 0 aliphatic carbocycles. The van der Waals surface area contributed by atoms with Gasteiger partial charge in [-0.2, -0.15) is 0 Å². The Kier molecular flexibility index (Phi) is 7.57. The van der Waals surface area contributed by atoms with Crippen LogP contribution in [0.25, 0.3) is 0 Å². The van der Waals surface area contributed by atoms with E-state index in [2.05, 4.69) is 36.3 Å². The van der Waals surface area contributed by atoms with Gasteiger partial charge in [-0.1, -0.05) is 32.9 Å². The van der Waals surface area contributed by atoms with Gasteiger partial charge in [-0.15, -0.1) is 0 Å². The summed E-state index contributed by atoms with van der Waals surface area (Å²) >= 11 is 0. The molecule has 6 heteroatoms. The maximum absolute atomic E-state index is 13.2. The summed E-state index contributed by atoms with van der Waals surface area (Å²) in [5.41, 5.74) is 3.95. The van der Waals surface area contributed by atoms with Crippen LogP contribution in [0, 0.1) is 0 Å². The first-order valence-corrected chi connectivity index (χ1v) is 12.5. The third kappa shape index (κ3) is 5.98. The van der Waals surface area contributed by atoms with E-state index >= 15 is 0 Å². The van der Waals surface area contributed by atoms with Gasteiger partial charge in [0, 0.05) is 43.2 Å². The minimum Gasteiger partial charge on any atom is -0.376 e. The SMILES string of the molecule is CC(C)(C)c1ccc(C(=O)Nc2ccc(N3CCCCC3)c(C(=O)NCC3CCCO3)c2)cc1. The number of carbonyl (C=O) groups is 2. The van der Waals surface area contributed by atoms with Crippen molar-refractivity contribution in [3.05, 3.63) is 59.2 Å². The third-order valence-corrected chi connectivity index (χ3v) is 6.72. The van der Waals surface area contributed by atoms with Crippen LogP contribution in [0.2, 0.25) is 0 Å². The molecule has 2 saturated heterocycles. The van der Waals surface area contributed by atoms with E-state index in [9.17, 15) is 9.59 Å². The minimum atomic E-state index is -0.183. The van der Waals surface area contributed by atoms with Crippen LogP contribution in [-0.4, -0.2) is 44.2 Å². The number of nitrogens with zero attached hydrogens (tertiary/aromatic N) is 1. The maximum Gasteiger partial charge on any atom is 0.255 e. The van der Waals surface area contributed by atoms with Crippen molar-refractivity contribution in [3.8, 4) is 0 Å². The number of amides is 2. The molecule has 1 unspecified atom stereocenters. The average Bonchev–Trinajstić information content (AvgIpc) is 3.36. The molecule has 182 valence electrons. The summed E-state index contributed by atoms with van der Waals surface area (Å²) in [7, 11) is 0. The predicted octanol–water partition coefficient (Wildman–Crippen LogP) is 5.14. The highest BCUT2D eigenvalue weighted by Crippen LogP contribution is 2.28. The summed E-state index contributed by atoms with van der Waals surface area (Å²) in [4.78, 5) is 28.4. The van der Waals surface area contributed by atoms with Gasteiger partial charge in [0.05, 0.1) is 11.7 Å². The Hall–Kier alpha value is -2.86. The summed E-state index contributed by atoms with van der Waals surface area (Å²) < 4.78 is 5.66. The van der Waals surface area contributed by atoms with Crippen LogP contribution in [-0.2, 0) is 10.2 Å². The van der Waals surface area contributed by atoms with Crippen LogP contribution in [0.4, 0.5) is 11.4 Å². The topological polar surface area (TPSA) is 70.7 Å². The summed E-state index contributed by atoms with van der Waals surface area (Å²) in [6, 6.07) is 13.4. The Labute approximate surface area is 203 Å². The number of ether oxygens (including phenoxy) is 1. The average molecular weight is 464 g/mol. The highest BCUT2D eigenvalue weighted by atomic mass is 16.5. The first-order chi connectivity index (χ1) is 16.3. The van der Waals surface area contributed by atoms with Crippen LogP contribution >= 0.6 is 0 Å². The Morgan fingerprint density at radius 3 is 2.35 bits per heavy atom. The lowest BCUT2D eigenvalue weighted by atomic mass is 9.87. The summed E-state index contributed by atoms with van der Waals surface area (Å²) in [6.07, 6.45) is 5.57. The molecule has 1 atom stereocenters. The number of rotatable bonds is 6. The predicted molar refractivity (Wildman–Crippen MR) is 137 cm³/mol. The second kappa shape index (κ2) is 10.6. The van der Waals surface area contributed by atoms with Crippen molar-refractivity contribution in [1.29, 1.82) is 0 Å². The van der Waals surface area contributed by atoms with Crippen molar-refractivity contribution in [2.45, 2.75) is 64.4 Å². The number of hydrogen-bond donors (Lipinski definition) is 2. The van der Waals surface area contributed by atoms with E-state index in [0.29, 0.717) is 23.4 Å².